The van der Waals surface area contributed by atoms with Gasteiger partial charge < -0.3 is 19.4 Å². The van der Waals surface area contributed by atoms with Gasteiger partial charge in [0.15, 0.2) is 17.7 Å². The zero-order valence-electron chi connectivity index (χ0n) is 9.81. The van der Waals surface area contributed by atoms with Crippen molar-refractivity contribution >= 4 is 6.21 Å². The maximum absolute atomic E-state index is 11.0. The lowest BCUT2D eigenvalue weighted by Crippen LogP contribution is -2.02. The second-order valence-corrected chi connectivity index (χ2v) is 3.10. The Labute approximate surface area is 94.5 Å². The minimum absolute atomic E-state index is 0.473. The van der Waals surface area contributed by atoms with Crippen molar-refractivity contribution in [1.29, 1.82) is 0 Å². The molecule has 0 aromatic heterocycles. The summed E-state index contributed by atoms with van der Waals surface area (Å²) in [5, 5.41) is 11.0. The average Bonchev–Trinajstić information content (AvgIpc) is 2.27. The fourth-order valence-electron chi connectivity index (χ4n) is 1.42. The van der Waals surface area contributed by atoms with E-state index in [-0.39, 0.29) is 0 Å². The number of hydrogen-bond donors (Lipinski definition) is 0. The number of hydroxylamine groups is 1. The van der Waals surface area contributed by atoms with Crippen LogP contribution in [0.25, 0.3) is 0 Å². The number of rotatable bonds is 4. The van der Waals surface area contributed by atoms with E-state index in [1.54, 1.807) is 19.2 Å². The molecule has 0 aliphatic rings. The van der Waals surface area contributed by atoms with Crippen molar-refractivity contribution in [2.75, 3.05) is 28.4 Å². The van der Waals surface area contributed by atoms with E-state index < -0.39 is 0 Å². The van der Waals surface area contributed by atoms with E-state index in [1.807, 2.05) is 0 Å². The minimum atomic E-state index is 0.473. The molecule has 5 heteroatoms. The van der Waals surface area contributed by atoms with E-state index in [1.165, 1.54) is 27.5 Å². The molecule has 1 rings (SSSR count). The largest absolute Gasteiger partial charge is 0.624 e. The summed E-state index contributed by atoms with van der Waals surface area (Å²) in [7, 11) is 5.97. The van der Waals surface area contributed by atoms with Gasteiger partial charge in [-0.2, -0.15) is 0 Å². The van der Waals surface area contributed by atoms with Gasteiger partial charge in [-0.25, -0.2) is 4.74 Å². The molecule has 0 heterocycles. The molecule has 0 atom stereocenters. The molecule has 1 aromatic rings. The molecule has 0 bridgehead atoms. The molecular formula is C11H15NO4. The van der Waals surface area contributed by atoms with E-state index in [4.69, 9.17) is 14.2 Å². The van der Waals surface area contributed by atoms with E-state index in [9.17, 15) is 5.21 Å². The van der Waals surface area contributed by atoms with Crippen LogP contribution in [0.5, 0.6) is 17.2 Å². The van der Waals surface area contributed by atoms with E-state index >= 15 is 0 Å². The third kappa shape index (κ3) is 2.36. The van der Waals surface area contributed by atoms with E-state index in [0.717, 1.165) is 0 Å². The molecule has 16 heavy (non-hydrogen) atoms. The highest BCUT2D eigenvalue weighted by atomic mass is 16.5. The first-order valence-electron chi connectivity index (χ1n) is 4.67. The van der Waals surface area contributed by atoms with Crippen molar-refractivity contribution in [1.82, 2.24) is 0 Å². The number of benzene rings is 1. The highest BCUT2D eigenvalue weighted by Crippen LogP contribution is 2.38. The predicted molar refractivity (Wildman–Crippen MR) is 60.8 cm³/mol. The van der Waals surface area contributed by atoms with E-state index in [2.05, 4.69) is 0 Å². The lowest BCUT2D eigenvalue weighted by atomic mass is 10.2. The fourth-order valence-corrected chi connectivity index (χ4v) is 1.42. The van der Waals surface area contributed by atoms with Crippen molar-refractivity contribution in [3.8, 4) is 17.2 Å². The van der Waals surface area contributed by atoms with Gasteiger partial charge in [-0.1, -0.05) is 0 Å². The molecule has 0 aliphatic heterocycles. The standard InChI is InChI=1S/C11H15NO4/c1-12(13)7-8-5-6-9(14-2)11(16-4)10(8)15-3/h5-7H,1-4H3. The lowest BCUT2D eigenvalue weighted by Gasteiger charge is -2.13. The Bertz CT molecular complexity index is 397. The highest BCUT2D eigenvalue weighted by Gasteiger charge is 2.15. The van der Waals surface area contributed by atoms with Gasteiger partial charge in [0.25, 0.3) is 0 Å². The van der Waals surface area contributed by atoms with E-state index in [0.29, 0.717) is 27.6 Å². The first-order chi connectivity index (χ1) is 7.63. The number of methoxy groups -OCH3 is 3. The molecule has 0 amide bonds. The van der Waals surface area contributed by atoms with Crippen LogP contribution in [-0.4, -0.2) is 39.3 Å². The fraction of sp³-hybridized carbons (Fsp3) is 0.364. The van der Waals surface area contributed by atoms with Crippen molar-refractivity contribution in [3.05, 3.63) is 22.9 Å². The molecule has 88 valence electrons. The van der Waals surface area contributed by atoms with Gasteiger partial charge in [-0.05, 0) is 12.1 Å². The summed E-state index contributed by atoms with van der Waals surface area (Å²) in [6.07, 6.45) is 1.40. The van der Waals surface area contributed by atoms with Crippen molar-refractivity contribution in [2.45, 2.75) is 0 Å². The van der Waals surface area contributed by atoms with Crippen LogP contribution in [-0.2, 0) is 0 Å². The maximum Gasteiger partial charge on any atom is 0.204 e. The van der Waals surface area contributed by atoms with Gasteiger partial charge in [0, 0.05) is 0 Å². The quantitative estimate of drug-likeness (QED) is 0.335. The SMILES string of the molecule is COc1ccc(C=[N+](C)[O-])c(OC)c1OC. The number of nitrogens with zero attached hydrogens (tertiary/aromatic N) is 1. The monoisotopic (exact) mass is 225 g/mol. The Hall–Kier alpha value is -1.91. The molecule has 0 N–H and O–H groups in total. The third-order valence-corrected chi connectivity index (χ3v) is 2.06. The van der Waals surface area contributed by atoms with Crippen molar-refractivity contribution in [2.24, 2.45) is 0 Å². The zero-order chi connectivity index (χ0) is 12.1. The highest BCUT2D eigenvalue weighted by molar-refractivity contribution is 5.83. The molecule has 5 nitrogen and oxygen atoms in total. The van der Waals surface area contributed by atoms with Gasteiger partial charge in [-0.3, -0.25) is 0 Å². The number of ether oxygens (including phenoxy) is 3. The van der Waals surface area contributed by atoms with Crippen LogP contribution in [0.15, 0.2) is 12.1 Å². The maximum atomic E-state index is 11.0. The van der Waals surface area contributed by atoms with Crippen molar-refractivity contribution in [3.63, 3.8) is 0 Å². The number of hydrogen-bond acceptors (Lipinski definition) is 4. The topological polar surface area (TPSA) is 53.8 Å². The first kappa shape index (κ1) is 12.2. The summed E-state index contributed by atoms with van der Waals surface area (Å²) in [6.45, 7) is 0. The summed E-state index contributed by atoms with van der Waals surface area (Å²) < 4.78 is 16.2. The summed E-state index contributed by atoms with van der Waals surface area (Å²) in [5.74, 6) is 1.51. The molecule has 0 saturated carbocycles. The Morgan fingerprint density at radius 1 is 1.06 bits per heavy atom. The molecule has 0 spiro atoms. The normalized spacial score (nSPS) is 11.1. The van der Waals surface area contributed by atoms with Gasteiger partial charge in [0.1, 0.15) is 7.05 Å². The summed E-state index contributed by atoms with van der Waals surface area (Å²) >= 11 is 0. The molecule has 0 radical (unpaired) electrons. The Morgan fingerprint density at radius 3 is 2.12 bits per heavy atom. The minimum Gasteiger partial charge on any atom is -0.624 e. The van der Waals surface area contributed by atoms with Crippen LogP contribution in [0.2, 0.25) is 0 Å². The van der Waals surface area contributed by atoms with Crippen LogP contribution in [0.4, 0.5) is 0 Å². The molecule has 0 saturated heterocycles. The Morgan fingerprint density at radius 2 is 1.69 bits per heavy atom. The first-order valence-corrected chi connectivity index (χ1v) is 4.67. The van der Waals surface area contributed by atoms with Crippen LogP contribution in [0.1, 0.15) is 5.56 Å². The molecular weight excluding hydrogens is 210 g/mol. The van der Waals surface area contributed by atoms with Crippen LogP contribution in [0, 0.1) is 5.21 Å². The predicted octanol–water partition coefficient (Wildman–Crippen LogP) is 1.27. The van der Waals surface area contributed by atoms with Gasteiger partial charge >= 0.3 is 0 Å². The van der Waals surface area contributed by atoms with Crippen LogP contribution in [0.3, 0.4) is 0 Å². The second kappa shape index (κ2) is 5.25. The second-order valence-electron chi connectivity index (χ2n) is 3.10. The lowest BCUT2D eigenvalue weighted by molar-refractivity contribution is -0.416. The molecule has 1 aromatic carbocycles. The average molecular weight is 225 g/mol. The zero-order valence-corrected chi connectivity index (χ0v) is 9.81. The summed E-state index contributed by atoms with van der Waals surface area (Å²) in [6, 6.07) is 3.45. The molecule has 0 fully saturated rings. The van der Waals surface area contributed by atoms with Gasteiger partial charge in [0.05, 0.1) is 26.9 Å². The molecule has 0 aliphatic carbocycles. The Balaban J connectivity index is 3.37. The smallest absolute Gasteiger partial charge is 0.204 e. The van der Waals surface area contributed by atoms with Crippen molar-refractivity contribution < 1.29 is 18.9 Å². The summed E-state index contributed by atoms with van der Waals surface area (Å²) in [5.41, 5.74) is 0.637. The van der Waals surface area contributed by atoms with Crippen LogP contribution < -0.4 is 14.2 Å². The Kier molecular flexibility index (Phi) is 3.99. The molecule has 0 unspecified atom stereocenters. The van der Waals surface area contributed by atoms with Crippen LogP contribution >= 0.6 is 0 Å². The summed E-state index contributed by atoms with van der Waals surface area (Å²) in [4.78, 5) is 0. The third-order valence-electron chi connectivity index (χ3n) is 2.06. The van der Waals surface area contributed by atoms with Gasteiger partial charge in [-0.15, -0.1) is 0 Å². The van der Waals surface area contributed by atoms with Gasteiger partial charge in [0.2, 0.25) is 5.75 Å².